The maximum Gasteiger partial charge on any atom is 0.416 e. The third-order valence-electron chi connectivity index (χ3n) is 11.5. The molecule has 378 valence electrons. The molecule has 1 unspecified atom stereocenters. The molecule has 6 N–H and O–H groups in total. The van der Waals surface area contributed by atoms with Crippen molar-refractivity contribution in [3.05, 3.63) is 107 Å². The molecular weight excluding hydrogens is 924 g/mol. The van der Waals surface area contributed by atoms with Crippen molar-refractivity contribution in [2.75, 3.05) is 62.4 Å². The predicted octanol–water partition coefficient (Wildman–Crippen LogP) is 6.16. The van der Waals surface area contributed by atoms with E-state index < -0.39 is 17.6 Å². The number of hydrogen-bond acceptors (Lipinski definition) is 12. The number of carbonyl (C=O) groups is 6. The van der Waals surface area contributed by atoms with Gasteiger partial charge >= 0.3 is 6.18 Å². The van der Waals surface area contributed by atoms with Crippen molar-refractivity contribution in [2.24, 2.45) is 0 Å². The Morgan fingerprint density at radius 1 is 0.972 bits per heavy atom. The van der Waals surface area contributed by atoms with Crippen molar-refractivity contribution in [2.45, 2.75) is 77.4 Å². The first kappa shape index (κ1) is 54.3. The Morgan fingerprint density at radius 2 is 1.72 bits per heavy atom. The number of imide groups is 1. The minimum Gasteiger partial charge on any atom is -0.382 e. The number of alkyl halides is 3. The largest absolute Gasteiger partial charge is 0.416 e. The molecule has 71 heavy (non-hydrogen) atoms. The van der Waals surface area contributed by atoms with E-state index >= 15 is 0 Å². The Morgan fingerprint density at radius 3 is 2.39 bits per heavy atom. The predicted molar refractivity (Wildman–Crippen MR) is 263 cm³/mol. The second-order valence-corrected chi connectivity index (χ2v) is 16.8. The zero-order valence-corrected chi connectivity index (χ0v) is 40.1. The number of nitrogens with zero attached hydrogens (tertiary/aromatic N) is 6. The number of ether oxygens (including phenoxy) is 1. The molecule has 0 spiro atoms. The smallest absolute Gasteiger partial charge is 0.382 e. The Balaban J connectivity index is 0.000000300. The molecule has 1 aliphatic heterocycles. The fourth-order valence-corrected chi connectivity index (χ4v) is 8.07. The van der Waals surface area contributed by atoms with Crippen LogP contribution in [-0.4, -0.2) is 114 Å². The number of anilines is 3. The van der Waals surface area contributed by atoms with Crippen LogP contribution in [0.15, 0.2) is 73.1 Å². The lowest BCUT2D eigenvalue weighted by molar-refractivity contribution is -0.137. The van der Waals surface area contributed by atoms with Gasteiger partial charge in [-0.15, -0.1) is 0 Å². The average Bonchev–Trinajstić information content (AvgIpc) is 3.99. The van der Waals surface area contributed by atoms with Gasteiger partial charge in [0.25, 0.3) is 11.8 Å². The fraction of sp³-hybridized carbons (Fsp3) is 0.380. The van der Waals surface area contributed by atoms with Crippen molar-refractivity contribution in [1.82, 2.24) is 40.2 Å². The SMILES string of the molecule is CCCOCCNC(=O)c1ccc(C)c(N(C)CCC)c1.Nc1ncc2n3c(nc(-c4ccc(C(=O)Nc5cc(C(F)(F)F)ccn5)cc4)c13)[C@@H]1CCC(C1)NC(=O)CN(C=O)CC/C=C/2.O=CNC=O. The van der Waals surface area contributed by atoms with Crippen molar-refractivity contribution in [3.8, 4) is 11.3 Å². The number of nitrogen functional groups attached to an aromatic ring is 1. The first-order valence-electron chi connectivity index (χ1n) is 23.2. The lowest BCUT2D eigenvalue weighted by Crippen LogP contribution is -2.41. The topological polar surface area (TPSA) is 235 Å². The van der Waals surface area contributed by atoms with Gasteiger partial charge in [-0.3, -0.25) is 33.2 Å². The number of rotatable bonds is 15. The molecule has 2 atom stereocenters. The molecule has 2 aromatic carbocycles. The van der Waals surface area contributed by atoms with Crippen LogP contribution in [0.5, 0.6) is 0 Å². The van der Waals surface area contributed by atoms with Crippen molar-refractivity contribution in [1.29, 1.82) is 0 Å². The van der Waals surface area contributed by atoms with Gasteiger partial charge in [0, 0.05) is 73.8 Å². The Bertz CT molecular complexity index is 2650. The molecule has 0 saturated heterocycles. The van der Waals surface area contributed by atoms with Crippen LogP contribution in [0.1, 0.15) is 102 Å². The summed E-state index contributed by atoms with van der Waals surface area (Å²) in [4.78, 5) is 84.1. The van der Waals surface area contributed by atoms with E-state index in [0.717, 1.165) is 74.4 Å². The van der Waals surface area contributed by atoms with Gasteiger partial charge in [0.15, 0.2) is 0 Å². The number of hydrogen-bond donors (Lipinski definition) is 5. The van der Waals surface area contributed by atoms with Crippen LogP contribution in [0, 0.1) is 6.92 Å². The van der Waals surface area contributed by atoms with Crippen LogP contribution in [-0.2, 0) is 30.1 Å². The van der Waals surface area contributed by atoms with Gasteiger partial charge in [-0.1, -0.05) is 38.1 Å². The number of benzene rings is 2. The lowest BCUT2D eigenvalue weighted by atomic mass is 10.1. The number of fused-ring (bicyclic) bond motifs is 3. The standard InChI is InChI=1S/C31H29F3N8O3.C17H28N2O2.C2H3NO2/c32-31(33,34)21-10-11-36-24(14-21)39-30(45)19-6-4-18(5-7-19)26-27-28(35)37-15-23-3-1-2-12-41(17-43)16-25(44)38-22-9-8-20(13-22)29(40-26)42(23)27;1-5-10-19(4)16-13-15(8-7-14(16)3)17(20)18-9-12-21-11-6-2;4-1-3-2-5/h1,3-7,10-11,14-15,17,20,22H,2,8-9,12-13,16H2,(H2,35,37)(H,38,44)(H,36,39,45);7-8,13H,5-6,9-12H2,1-4H3,(H,18,20);1-2H,(H,3,4,5)/b3-1+;;/t20-,22?;;/m1../s1. The number of imidazole rings is 1. The van der Waals surface area contributed by atoms with E-state index in [0.29, 0.717) is 74.1 Å². The number of nitrogens with two attached hydrogens (primary N) is 1. The van der Waals surface area contributed by atoms with E-state index in [2.05, 4.69) is 58.6 Å². The van der Waals surface area contributed by atoms with E-state index in [-0.39, 0.29) is 47.5 Å². The molecule has 1 saturated carbocycles. The van der Waals surface area contributed by atoms with Gasteiger partial charge < -0.3 is 41.5 Å². The molecule has 0 radical (unpaired) electrons. The Labute approximate surface area is 409 Å². The van der Waals surface area contributed by atoms with Gasteiger partial charge in [-0.25, -0.2) is 15.0 Å². The van der Waals surface area contributed by atoms with Crippen LogP contribution >= 0.6 is 0 Å². The third kappa shape index (κ3) is 15.2. The van der Waals surface area contributed by atoms with Crippen LogP contribution in [0.25, 0.3) is 22.9 Å². The van der Waals surface area contributed by atoms with Crippen molar-refractivity contribution < 1.29 is 46.7 Å². The fourth-order valence-electron chi connectivity index (χ4n) is 8.07. The minimum absolute atomic E-state index is 0.000581. The number of carbonyl (C=O) groups excluding carboxylic acids is 6. The Kier molecular flexibility index (Phi) is 20.1. The monoisotopic (exact) mass is 983 g/mol. The van der Waals surface area contributed by atoms with Gasteiger partial charge in [0.2, 0.25) is 25.1 Å². The molecule has 1 fully saturated rings. The quantitative estimate of drug-likeness (QED) is 0.0586. The number of nitrogens with one attached hydrogen (secondary N) is 4. The summed E-state index contributed by atoms with van der Waals surface area (Å²) in [5.41, 5.74) is 11.3. The molecule has 5 aromatic rings. The maximum absolute atomic E-state index is 13.1. The summed E-state index contributed by atoms with van der Waals surface area (Å²) in [5.74, 6) is -0.0549. The van der Waals surface area contributed by atoms with E-state index in [9.17, 15) is 32.3 Å². The first-order valence-corrected chi connectivity index (χ1v) is 23.2. The van der Waals surface area contributed by atoms with E-state index in [1.807, 2.05) is 34.8 Å². The molecule has 7 rings (SSSR count). The normalized spacial score (nSPS) is 15.9. The summed E-state index contributed by atoms with van der Waals surface area (Å²) in [5, 5.41) is 10.1. The van der Waals surface area contributed by atoms with Crippen molar-refractivity contribution >= 4 is 65.9 Å². The van der Waals surface area contributed by atoms with Gasteiger partial charge in [-0.05, 0) is 93.5 Å². The molecule has 21 heteroatoms. The highest BCUT2D eigenvalue weighted by Crippen LogP contribution is 2.39. The van der Waals surface area contributed by atoms with Crippen LogP contribution in [0.2, 0.25) is 0 Å². The number of amides is 6. The van der Waals surface area contributed by atoms with Crippen molar-refractivity contribution in [3.63, 3.8) is 0 Å². The third-order valence-corrected chi connectivity index (χ3v) is 11.5. The summed E-state index contributed by atoms with van der Waals surface area (Å²) >= 11 is 0. The van der Waals surface area contributed by atoms with Gasteiger partial charge in [0.1, 0.15) is 28.7 Å². The maximum atomic E-state index is 13.1. The van der Waals surface area contributed by atoms with Crippen LogP contribution in [0.4, 0.5) is 30.5 Å². The van der Waals surface area contributed by atoms with E-state index in [4.69, 9.17) is 25.0 Å². The molecule has 1 aliphatic carbocycles. The summed E-state index contributed by atoms with van der Waals surface area (Å²) in [7, 11) is 2.06. The number of halogens is 3. The highest BCUT2D eigenvalue weighted by molar-refractivity contribution is 6.04. The summed E-state index contributed by atoms with van der Waals surface area (Å²) < 4.78 is 46.6. The number of aryl methyl sites for hydroxylation is 1. The Hall–Kier alpha value is -7.68. The molecule has 2 bridgehead atoms. The average molecular weight is 984 g/mol. The summed E-state index contributed by atoms with van der Waals surface area (Å²) in [6.07, 6.45) is 7.96. The highest BCUT2D eigenvalue weighted by Gasteiger charge is 2.33. The first-order chi connectivity index (χ1) is 34.1. The molecular formula is C50H60F3N11O7. The second-order valence-electron chi connectivity index (χ2n) is 16.8. The molecule has 3 aromatic heterocycles. The molecule has 4 heterocycles. The number of aromatic nitrogens is 4. The zero-order valence-electron chi connectivity index (χ0n) is 40.1. The van der Waals surface area contributed by atoms with Gasteiger partial charge in [-0.2, -0.15) is 13.2 Å². The molecule has 6 amide bonds. The van der Waals surface area contributed by atoms with E-state index in [1.54, 1.807) is 35.8 Å². The number of pyridine rings is 1. The molecule has 2 aliphatic rings. The second kappa shape index (κ2) is 26.3. The lowest BCUT2D eigenvalue weighted by Gasteiger charge is -2.21. The molecule has 18 nitrogen and oxygen atoms in total. The van der Waals surface area contributed by atoms with Crippen LogP contribution < -0.4 is 31.9 Å². The summed E-state index contributed by atoms with van der Waals surface area (Å²) in [6.45, 7) is 9.50. The van der Waals surface area contributed by atoms with Gasteiger partial charge in [0.05, 0.1) is 30.6 Å². The van der Waals surface area contributed by atoms with Crippen LogP contribution in [0.3, 0.4) is 0 Å². The minimum atomic E-state index is -4.57. The summed E-state index contributed by atoms with van der Waals surface area (Å²) in [6, 6.07) is 13.9. The zero-order chi connectivity index (χ0) is 51.5. The highest BCUT2D eigenvalue weighted by atomic mass is 19.4. The van der Waals surface area contributed by atoms with E-state index in [1.165, 1.54) is 10.5 Å².